The summed E-state index contributed by atoms with van der Waals surface area (Å²) < 4.78 is 5.60. The first-order valence-electron chi connectivity index (χ1n) is 12.1. The lowest BCUT2D eigenvalue weighted by molar-refractivity contribution is 0.0552. The van der Waals surface area contributed by atoms with Crippen LogP contribution in [0.4, 0.5) is 10.5 Å². The van der Waals surface area contributed by atoms with Crippen molar-refractivity contribution < 1.29 is 14.3 Å². The fourth-order valence-electron chi connectivity index (χ4n) is 4.69. The molecule has 36 heavy (non-hydrogen) atoms. The van der Waals surface area contributed by atoms with E-state index in [0.717, 1.165) is 29.9 Å². The van der Waals surface area contributed by atoms with Gasteiger partial charge in [0.1, 0.15) is 11.9 Å². The number of anilines is 1. The zero-order valence-electron chi connectivity index (χ0n) is 20.0. The number of nitrogen functional groups attached to an aromatic ring is 1. The number of ether oxygens (including phenoxy) is 1. The number of hydrogen-bond donors (Lipinski definition) is 2. The fraction of sp³-hybridized carbons (Fsp3) is 0.250. The van der Waals surface area contributed by atoms with Gasteiger partial charge in [-0.2, -0.15) is 0 Å². The average Bonchev–Trinajstić information content (AvgIpc) is 3.29. The quantitative estimate of drug-likeness (QED) is 0.413. The van der Waals surface area contributed by atoms with Crippen LogP contribution in [0, 0.1) is 5.41 Å². The lowest BCUT2D eigenvalue weighted by Crippen LogP contribution is -2.50. The first-order valence-corrected chi connectivity index (χ1v) is 12.1. The highest BCUT2D eigenvalue weighted by Gasteiger charge is 2.34. The van der Waals surface area contributed by atoms with Crippen LogP contribution in [0.15, 0.2) is 78.9 Å². The van der Waals surface area contributed by atoms with Crippen molar-refractivity contribution in [2.75, 3.05) is 44.2 Å². The van der Waals surface area contributed by atoms with Crippen LogP contribution in [0.2, 0.25) is 0 Å². The van der Waals surface area contributed by atoms with Crippen LogP contribution >= 0.6 is 0 Å². The first-order chi connectivity index (χ1) is 17.5. The third-order valence-corrected chi connectivity index (χ3v) is 6.72. The minimum absolute atomic E-state index is 0.00903. The number of carbonyl (C=O) groups is 2. The fourth-order valence-corrected chi connectivity index (χ4v) is 4.69. The van der Waals surface area contributed by atoms with Gasteiger partial charge < -0.3 is 15.4 Å². The summed E-state index contributed by atoms with van der Waals surface area (Å²) in [6, 6.07) is 24.9. The van der Waals surface area contributed by atoms with Gasteiger partial charge in [0.15, 0.2) is 0 Å². The number of amidine groups is 1. The monoisotopic (exact) mass is 483 g/mol. The number of benzene rings is 3. The molecular weight excluding hydrogens is 454 g/mol. The molecule has 2 aliphatic rings. The van der Waals surface area contributed by atoms with Crippen LogP contribution < -0.4 is 10.6 Å². The number of amides is 2. The van der Waals surface area contributed by atoms with Crippen molar-refractivity contribution in [2.45, 2.75) is 6.10 Å². The second-order valence-electron chi connectivity index (χ2n) is 9.11. The van der Waals surface area contributed by atoms with Gasteiger partial charge in [0.2, 0.25) is 0 Å². The van der Waals surface area contributed by atoms with Gasteiger partial charge in [-0.3, -0.25) is 20.0 Å². The minimum atomic E-state index is -0.372. The number of nitrogens with one attached hydrogen (secondary N) is 1. The number of carbonyl (C=O) groups excluding carboxylic acids is 2. The Kier molecular flexibility index (Phi) is 6.69. The number of nitrogens with two attached hydrogens (primary N) is 1. The Hall–Kier alpha value is -4.17. The van der Waals surface area contributed by atoms with Crippen molar-refractivity contribution in [3.05, 3.63) is 90.0 Å². The van der Waals surface area contributed by atoms with Crippen molar-refractivity contribution in [3.8, 4) is 11.1 Å². The summed E-state index contributed by atoms with van der Waals surface area (Å²) in [5.41, 5.74) is 9.76. The van der Waals surface area contributed by atoms with Gasteiger partial charge in [-0.1, -0.05) is 42.5 Å². The smallest absolute Gasteiger partial charge is 0.414 e. The largest absolute Gasteiger partial charge is 0.443 e. The third kappa shape index (κ3) is 5.08. The minimum Gasteiger partial charge on any atom is -0.443 e. The number of nitrogens with zero attached hydrogens (tertiary/aromatic N) is 3. The molecule has 0 radical (unpaired) electrons. The van der Waals surface area contributed by atoms with Crippen LogP contribution in [-0.2, 0) is 4.74 Å². The molecule has 0 spiro atoms. The summed E-state index contributed by atoms with van der Waals surface area (Å²) in [5, 5.41) is 7.50. The van der Waals surface area contributed by atoms with Crippen LogP contribution in [-0.4, -0.2) is 73.0 Å². The number of cyclic esters (lactones) is 1. The summed E-state index contributed by atoms with van der Waals surface area (Å²) in [7, 11) is 0. The van der Waals surface area contributed by atoms with Crippen molar-refractivity contribution in [1.29, 1.82) is 5.41 Å². The second-order valence-corrected chi connectivity index (χ2v) is 9.11. The summed E-state index contributed by atoms with van der Waals surface area (Å²) in [6.45, 7) is 3.82. The molecule has 2 fully saturated rings. The molecule has 184 valence electrons. The molecule has 2 aliphatic heterocycles. The predicted molar refractivity (Wildman–Crippen MR) is 139 cm³/mol. The Labute approximate surface area is 210 Å². The van der Waals surface area contributed by atoms with E-state index in [4.69, 9.17) is 15.9 Å². The molecule has 2 heterocycles. The van der Waals surface area contributed by atoms with E-state index >= 15 is 0 Å². The van der Waals surface area contributed by atoms with Gasteiger partial charge in [0, 0.05) is 49.5 Å². The summed E-state index contributed by atoms with van der Waals surface area (Å²) >= 11 is 0. The highest BCUT2D eigenvalue weighted by molar-refractivity contribution is 5.96. The third-order valence-electron chi connectivity index (χ3n) is 6.72. The zero-order chi connectivity index (χ0) is 25.1. The normalized spacial score (nSPS) is 18.2. The van der Waals surface area contributed by atoms with Gasteiger partial charge in [-0.05, 0) is 47.5 Å². The van der Waals surface area contributed by atoms with Crippen LogP contribution in [0.3, 0.4) is 0 Å². The molecule has 0 aliphatic carbocycles. The van der Waals surface area contributed by atoms with Gasteiger partial charge in [-0.15, -0.1) is 0 Å². The van der Waals surface area contributed by atoms with Crippen LogP contribution in [0.5, 0.6) is 0 Å². The topological polar surface area (TPSA) is 103 Å². The van der Waals surface area contributed by atoms with E-state index in [1.54, 1.807) is 29.2 Å². The van der Waals surface area contributed by atoms with Gasteiger partial charge >= 0.3 is 6.09 Å². The van der Waals surface area contributed by atoms with Crippen molar-refractivity contribution in [2.24, 2.45) is 5.73 Å². The molecule has 3 N–H and O–H groups in total. The van der Waals surface area contributed by atoms with Crippen LogP contribution in [0.25, 0.3) is 11.1 Å². The highest BCUT2D eigenvalue weighted by Crippen LogP contribution is 2.23. The van der Waals surface area contributed by atoms with E-state index in [0.29, 0.717) is 37.3 Å². The number of hydrogen-bond acceptors (Lipinski definition) is 5. The van der Waals surface area contributed by atoms with E-state index in [1.807, 2.05) is 47.4 Å². The molecule has 2 amide bonds. The van der Waals surface area contributed by atoms with Gasteiger partial charge in [-0.25, -0.2) is 4.79 Å². The molecular formula is C28H29N5O3. The Bertz CT molecular complexity index is 1240. The van der Waals surface area contributed by atoms with E-state index in [-0.39, 0.29) is 23.9 Å². The summed E-state index contributed by atoms with van der Waals surface area (Å²) in [5.74, 6) is 0.0342. The first kappa shape index (κ1) is 23.6. The second kappa shape index (κ2) is 10.2. The van der Waals surface area contributed by atoms with E-state index < -0.39 is 0 Å². The molecule has 1 unspecified atom stereocenters. The predicted octanol–water partition coefficient (Wildman–Crippen LogP) is 3.42. The Morgan fingerprint density at radius 1 is 0.861 bits per heavy atom. The molecule has 0 saturated carbocycles. The number of piperazine rings is 1. The molecule has 0 bridgehead atoms. The van der Waals surface area contributed by atoms with Gasteiger partial charge in [0.05, 0.1) is 6.54 Å². The molecule has 3 aromatic carbocycles. The maximum atomic E-state index is 13.0. The standard InChI is InChI=1S/C28H29N5O3/c29-26(30)22-10-12-24(13-11-22)33-19-25(36-28(33)35)18-31-14-16-32(17-15-31)27(34)23-8-6-21(7-9-23)20-4-2-1-3-5-20/h1-13,25H,14-19H2,(H3,29,30). The molecule has 5 rings (SSSR count). The van der Waals surface area contributed by atoms with Crippen molar-refractivity contribution >= 4 is 23.5 Å². The maximum Gasteiger partial charge on any atom is 0.414 e. The molecule has 3 aromatic rings. The van der Waals surface area contributed by atoms with Crippen LogP contribution in [0.1, 0.15) is 15.9 Å². The Morgan fingerprint density at radius 2 is 1.47 bits per heavy atom. The van der Waals surface area contributed by atoms with E-state index in [2.05, 4.69) is 17.0 Å². The zero-order valence-corrected chi connectivity index (χ0v) is 20.0. The maximum absolute atomic E-state index is 13.0. The Morgan fingerprint density at radius 3 is 2.11 bits per heavy atom. The molecule has 8 nitrogen and oxygen atoms in total. The molecule has 8 heteroatoms. The number of rotatable bonds is 6. The van der Waals surface area contributed by atoms with Crippen molar-refractivity contribution in [3.63, 3.8) is 0 Å². The Balaban J connectivity index is 1.12. The summed E-state index contributed by atoms with van der Waals surface area (Å²) in [6.07, 6.45) is -0.610. The van der Waals surface area contributed by atoms with Crippen molar-refractivity contribution in [1.82, 2.24) is 9.80 Å². The van der Waals surface area contributed by atoms with E-state index in [1.165, 1.54) is 0 Å². The average molecular weight is 484 g/mol. The molecule has 0 aromatic heterocycles. The summed E-state index contributed by atoms with van der Waals surface area (Å²) in [4.78, 5) is 31.2. The highest BCUT2D eigenvalue weighted by atomic mass is 16.6. The van der Waals surface area contributed by atoms with Gasteiger partial charge in [0.25, 0.3) is 5.91 Å². The van der Waals surface area contributed by atoms with E-state index in [9.17, 15) is 9.59 Å². The lowest BCUT2D eigenvalue weighted by Gasteiger charge is -2.35. The molecule has 2 saturated heterocycles. The molecule has 1 atom stereocenters. The lowest BCUT2D eigenvalue weighted by atomic mass is 10.0. The SMILES string of the molecule is N=C(N)c1ccc(N2CC(CN3CCN(C(=O)c4ccc(-c5ccccc5)cc4)CC3)OC2=O)cc1.